The Morgan fingerprint density at radius 1 is 0.688 bits per heavy atom. The number of rotatable bonds is 5. The van der Waals surface area contributed by atoms with E-state index in [9.17, 15) is 22.0 Å². The van der Waals surface area contributed by atoms with Crippen LogP contribution in [0.5, 0.6) is 0 Å². The van der Waals surface area contributed by atoms with Crippen molar-refractivity contribution in [2.45, 2.75) is 32.0 Å². The molecule has 0 aromatic heterocycles. The van der Waals surface area contributed by atoms with Gasteiger partial charge in [0.25, 0.3) is 0 Å². The van der Waals surface area contributed by atoms with Crippen molar-refractivity contribution in [3.63, 3.8) is 0 Å². The van der Waals surface area contributed by atoms with Gasteiger partial charge in [-0.3, -0.25) is 0 Å². The first-order chi connectivity index (χ1) is 15.4. The predicted octanol–water partition coefficient (Wildman–Crippen LogP) is 6.83. The second-order valence-electron chi connectivity index (χ2n) is 7.75. The van der Waals surface area contributed by atoms with E-state index in [0.29, 0.717) is 0 Å². The molecule has 1 aliphatic rings. The van der Waals surface area contributed by atoms with E-state index in [4.69, 9.17) is 9.47 Å². The van der Waals surface area contributed by atoms with Gasteiger partial charge in [-0.25, -0.2) is 22.0 Å². The maximum atomic E-state index is 14.0. The summed E-state index contributed by atoms with van der Waals surface area (Å²) in [6, 6.07) is 16.1. The third-order valence-corrected chi connectivity index (χ3v) is 5.59. The molecular weight excluding hydrogens is 427 g/mol. The number of benzene rings is 3. The Kier molecular flexibility index (Phi) is 6.58. The van der Waals surface area contributed by atoms with Crippen molar-refractivity contribution in [3.8, 4) is 11.1 Å². The molecule has 0 spiro atoms. The Hall–Kier alpha value is -2.77. The minimum atomic E-state index is -2.21. The van der Waals surface area contributed by atoms with Gasteiger partial charge in [-0.05, 0) is 28.7 Å². The first-order valence-corrected chi connectivity index (χ1v) is 10.3. The van der Waals surface area contributed by atoms with E-state index < -0.39 is 40.9 Å². The Bertz CT molecular complexity index is 1060. The summed E-state index contributed by atoms with van der Waals surface area (Å²) in [6.45, 7) is 2.15. The Morgan fingerprint density at radius 2 is 1.16 bits per heavy atom. The van der Waals surface area contributed by atoms with Gasteiger partial charge in [0.1, 0.15) is 0 Å². The van der Waals surface area contributed by atoms with Crippen LogP contribution in [0.2, 0.25) is 0 Å². The molecule has 0 bridgehead atoms. The Morgan fingerprint density at radius 3 is 1.66 bits per heavy atom. The van der Waals surface area contributed by atoms with E-state index in [0.717, 1.165) is 29.5 Å². The molecular formula is C25H21F5O2. The molecule has 0 radical (unpaired) electrons. The average Bonchev–Trinajstić information content (AvgIpc) is 2.83. The summed E-state index contributed by atoms with van der Waals surface area (Å²) in [6.07, 6.45) is 0.453. The third kappa shape index (κ3) is 4.27. The van der Waals surface area contributed by atoms with Crippen LogP contribution in [0.4, 0.5) is 22.0 Å². The van der Waals surface area contributed by atoms with E-state index in [1.165, 1.54) is 5.56 Å². The first-order valence-electron chi connectivity index (χ1n) is 10.3. The lowest BCUT2D eigenvalue weighted by atomic mass is 9.96. The fourth-order valence-corrected chi connectivity index (χ4v) is 3.79. The maximum Gasteiger partial charge on any atom is 0.200 e. The zero-order valence-electron chi connectivity index (χ0n) is 17.3. The fourth-order valence-electron chi connectivity index (χ4n) is 3.79. The van der Waals surface area contributed by atoms with Crippen molar-refractivity contribution in [2.24, 2.45) is 0 Å². The largest absolute Gasteiger partial charge is 0.347 e. The van der Waals surface area contributed by atoms with E-state index >= 15 is 0 Å². The average molecular weight is 448 g/mol. The molecule has 168 valence electrons. The molecule has 3 aromatic rings. The smallest absolute Gasteiger partial charge is 0.200 e. The molecule has 1 fully saturated rings. The van der Waals surface area contributed by atoms with Crippen LogP contribution in [0.15, 0.2) is 48.5 Å². The number of ether oxygens (including phenoxy) is 2. The van der Waals surface area contributed by atoms with E-state index in [1.54, 1.807) is 0 Å². The van der Waals surface area contributed by atoms with E-state index in [1.807, 2.05) is 24.3 Å². The summed E-state index contributed by atoms with van der Waals surface area (Å²) in [4.78, 5) is 0. The molecule has 0 aliphatic carbocycles. The van der Waals surface area contributed by atoms with Gasteiger partial charge in [0.05, 0.1) is 18.8 Å². The van der Waals surface area contributed by atoms with Crippen LogP contribution in [0.3, 0.4) is 0 Å². The molecule has 1 aliphatic heterocycles. The molecule has 2 nitrogen and oxygen atoms in total. The molecule has 3 aromatic carbocycles. The molecule has 32 heavy (non-hydrogen) atoms. The molecule has 0 N–H and O–H groups in total. The zero-order valence-corrected chi connectivity index (χ0v) is 17.3. The van der Waals surface area contributed by atoms with Gasteiger partial charge in [-0.2, -0.15) is 0 Å². The lowest BCUT2D eigenvalue weighted by Gasteiger charge is -2.30. The van der Waals surface area contributed by atoms with Crippen molar-refractivity contribution >= 4 is 0 Å². The van der Waals surface area contributed by atoms with Gasteiger partial charge < -0.3 is 9.47 Å². The van der Waals surface area contributed by atoms with Crippen molar-refractivity contribution < 1.29 is 31.4 Å². The summed E-state index contributed by atoms with van der Waals surface area (Å²) in [5.74, 6) is -10.4. The highest BCUT2D eigenvalue weighted by Crippen LogP contribution is 2.35. The van der Waals surface area contributed by atoms with Crippen LogP contribution >= 0.6 is 0 Å². The summed E-state index contributed by atoms with van der Waals surface area (Å²) >= 11 is 0. The molecule has 0 unspecified atom stereocenters. The molecule has 4 rings (SSSR count). The summed E-state index contributed by atoms with van der Waals surface area (Å²) in [5, 5.41) is 0. The molecule has 1 heterocycles. The van der Waals surface area contributed by atoms with Gasteiger partial charge in [0.15, 0.2) is 29.6 Å². The van der Waals surface area contributed by atoms with Crippen LogP contribution in [0.1, 0.15) is 42.2 Å². The molecule has 0 atom stereocenters. The van der Waals surface area contributed by atoms with Crippen LogP contribution in [0, 0.1) is 29.1 Å². The normalized spacial score (nSPS) is 18.7. The van der Waals surface area contributed by atoms with Gasteiger partial charge in [-0.1, -0.05) is 61.9 Å². The van der Waals surface area contributed by atoms with Gasteiger partial charge in [0, 0.05) is 5.92 Å². The fraction of sp³-hybridized carbons (Fsp3) is 0.280. The van der Waals surface area contributed by atoms with Crippen LogP contribution in [0.25, 0.3) is 11.1 Å². The Labute approximate surface area is 182 Å². The SMILES string of the molecule is CCCc1ccc(-c2ccc(C3COC(c4c(F)c(F)c(F)c(F)c4F)OC3)cc2)cc1. The van der Waals surface area contributed by atoms with Crippen molar-refractivity contribution in [1.29, 1.82) is 0 Å². The Balaban J connectivity index is 1.45. The lowest BCUT2D eigenvalue weighted by Crippen LogP contribution is -2.27. The number of hydrogen-bond acceptors (Lipinski definition) is 2. The minimum absolute atomic E-state index is 0.00915. The second kappa shape index (κ2) is 9.38. The third-order valence-electron chi connectivity index (χ3n) is 5.59. The predicted molar refractivity (Wildman–Crippen MR) is 109 cm³/mol. The lowest BCUT2D eigenvalue weighted by molar-refractivity contribution is -0.194. The molecule has 0 saturated carbocycles. The highest BCUT2D eigenvalue weighted by atomic mass is 19.2. The standard InChI is InChI=1S/C25H21F5O2/c1-2-3-14-4-6-15(7-5-14)16-8-10-17(11-9-16)18-12-31-25(32-13-18)19-20(26)22(28)24(30)23(29)21(19)27/h4-11,18,25H,2-3,12-13H2,1H3. The molecule has 7 heteroatoms. The molecule has 1 saturated heterocycles. The summed E-state index contributed by atoms with van der Waals surface area (Å²) in [5.41, 5.74) is 3.18. The van der Waals surface area contributed by atoms with Crippen molar-refractivity contribution in [1.82, 2.24) is 0 Å². The van der Waals surface area contributed by atoms with Gasteiger partial charge >= 0.3 is 0 Å². The number of aryl methyl sites for hydroxylation is 1. The highest BCUT2D eigenvalue weighted by molar-refractivity contribution is 5.64. The summed E-state index contributed by atoms with van der Waals surface area (Å²) in [7, 11) is 0. The topological polar surface area (TPSA) is 18.5 Å². The second-order valence-corrected chi connectivity index (χ2v) is 7.75. The van der Waals surface area contributed by atoms with Crippen molar-refractivity contribution in [3.05, 3.63) is 94.3 Å². The molecule has 0 amide bonds. The van der Waals surface area contributed by atoms with Crippen LogP contribution < -0.4 is 0 Å². The van der Waals surface area contributed by atoms with E-state index in [-0.39, 0.29) is 19.1 Å². The number of halogens is 5. The quantitative estimate of drug-likeness (QED) is 0.242. The minimum Gasteiger partial charge on any atom is -0.347 e. The maximum absolute atomic E-state index is 14.0. The van der Waals surface area contributed by atoms with Crippen LogP contribution in [-0.2, 0) is 15.9 Å². The van der Waals surface area contributed by atoms with Gasteiger partial charge in [0.2, 0.25) is 5.82 Å². The van der Waals surface area contributed by atoms with E-state index in [2.05, 4.69) is 31.2 Å². The summed E-state index contributed by atoms with van der Waals surface area (Å²) < 4.78 is 78.8. The monoisotopic (exact) mass is 448 g/mol. The van der Waals surface area contributed by atoms with Crippen LogP contribution in [-0.4, -0.2) is 13.2 Å². The zero-order chi connectivity index (χ0) is 22.8. The van der Waals surface area contributed by atoms with Gasteiger partial charge in [-0.15, -0.1) is 0 Å². The highest BCUT2D eigenvalue weighted by Gasteiger charge is 2.34. The first kappa shape index (κ1) is 22.4. The van der Waals surface area contributed by atoms with Crippen molar-refractivity contribution in [2.75, 3.05) is 13.2 Å². The number of hydrogen-bond donors (Lipinski definition) is 0.